The Balaban J connectivity index is 1.34. The molecule has 0 aliphatic heterocycles. The SMILES string of the molecule is CC(C)(C)c1cc(Nc2ccnc(SCc3ccc(C(=O)Nc4ccc(F)cc4N)cc3)n2)n[nH]1. The molecule has 0 spiro atoms. The predicted molar refractivity (Wildman–Crippen MR) is 137 cm³/mol. The monoisotopic (exact) mass is 491 g/mol. The number of hydrogen-bond donors (Lipinski definition) is 4. The van der Waals surface area contributed by atoms with Gasteiger partial charge in [-0.2, -0.15) is 5.10 Å². The molecule has 0 fully saturated rings. The van der Waals surface area contributed by atoms with Crippen LogP contribution in [0.2, 0.25) is 0 Å². The highest BCUT2D eigenvalue weighted by molar-refractivity contribution is 7.98. The Hall–Kier alpha value is -3.92. The quantitative estimate of drug-likeness (QED) is 0.153. The number of nitrogens with two attached hydrogens (primary N) is 1. The average molecular weight is 492 g/mol. The molecule has 0 radical (unpaired) electrons. The minimum atomic E-state index is -0.455. The molecule has 10 heteroatoms. The number of carbonyl (C=O) groups excluding carboxylic acids is 1. The van der Waals surface area contributed by atoms with Gasteiger partial charge in [-0.3, -0.25) is 9.89 Å². The molecule has 0 aliphatic carbocycles. The molecule has 2 aromatic carbocycles. The number of nitrogens with one attached hydrogen (secondary N) is 3. The topological polar surface area (TPSA) is 122 Å². The molecule has 180 valence electrons. The normalized spacial score (nSPS) is 11.3. The molecular formula is C25H26FN7OS. The van der Waals surface area contributed by atoms with Crippen LogP contribution < -0.4 is 16.4 Å². The molecule has 2 aromatic heterocycles. The Labute approximate surface area is 207 Å². The first-order valence-electron chi connectivity index (χ1n) is 10.9. The molecule has 8 nitrogen and oxygen atoms in total. The van der Waals surface area contributed by atoms with E-state index in [9.17, 15) is 9.18 Å². The van der Waals surface area contributed by atoms with E-state index in [0.717, 1.165) is 11.3 Å². The molecule has 0 aliphatic rings. The second-order valence-corrected chi connectivity index (χ2v) is 9.88. The minimum absolute atomic E-state index is 0.0237. The number of aromatic nitrogens is 4. The number of benzene rings is 2. The first kappa shape index (κ1) is 24.2. The lowest BCUT2D eigenvalue weighted by atomic mass is 9.92. The van der Waals surface area contributed by atoms with Crippen molar-refractivity contribution in [1.82, 2.24) is 20.2 Å². The van der Waals surface area contributed by atoms with Gasteiger partial charge in [0.25, 0.3) is 5.91 Å². The van der Waals surface area contributed by atoms with Gasteiger partial charge in [0, 0.05) is 34.7 Å². The summed E-state index contributed by atoms with van der Waals surface area (Å²) in [6.45, 7) is 6.35. The molecule has 0 saturated carbocycles. The van der Waals surface area contributed by atoms with Gasteiger partial charge in [-0.15, -0.1) is 0 Å². The van der Waals surface area contributed by atoms with Crippen LogP contribution >= 0.6 is 11.8 Å². The van der Waals surface area contributed by atoms with E-state index in [-0.39, 0.29) is 17.0 Å². The van der Waals surface area contributed by atoms with Gasteiger partial charge in [0.1, 0.15) is 11.6 Å². The van der Waals surface area contributed by atoms with E-state index in [1.54, 1.807) is 24.4 Å². The van der Waals surface area contributed by atoms with Crippen molar-refractivity contribution in [3.05, 3.63) is 83.4 Å². The number of nitrogen functional groups attached to an aromatic ring is 1. The van der Waals surface area contributed by atoms with Crippen molar-refractivity contribution in [2.75, 3.05) is 16.4 Å². The minimum Gasteiger partial charge on any atom is -0.397 e. The predicted octanol–water partition coefficient (Wildman–Crippen LogP) is 5.51. The van der Waals surface area contributed by atoms with E-state index < -0.39 is 5.82 Å². The van der Waals surface area contributed by atoms with E-state index in [4.69, 9.17) is 5.73 Å². The van der Waals surface area contributed by atoms with Crippen molar-refractivity contribution in [2.24, 2.45) is 0 Å². The molecule has 0 saturated heterocycles. The summed E-state index contributed by atoms with van der Waals surface area (Å²) in [7, 11) is 0. The summed E-state index contributed by atoms with van der Waals surface area (Å²) >= 11 is 1.48. The van der Waals surface area contributed by atoms with E-state index >= 15 is 0 Å². The molecule has 35 heavy (non-hydrogen) atoms. The van der Waals surface area contributed by atoms with E-state index in [2.05, 4.69) is 51.6 Å². The van der Waals surface area contributed by atoms with Crippen molar-refractivity contribution < 1.29 is 9.18 Å². The third kappa shape index (κ3) is 6.36. The highest BCUT2D eigenvalue weighted by Crippen LogP contribution is 2.25. The smallest absolute Gasteiger partial charge is 0.255 e. The van der Waals surface area contributed by atoms with Gasteiger partial charge < -0.3 is 16.4 Å². The Morgan fingerprint density at radius 2 is 1.86 bits per heavy atom. The fraction of sp³-hybridized carbons (Fsp3) is 0.200. The zero-order chi connectivity index (χ0) is 25.0. The first-order valence-corrected chi connectivity index (χ1v) is 11.9. The number of carbonyl (C=O) groups is 1. The van der Waals surface area contributed by atoms with Crippen LogP contribution in [0.15, 0.2) is 66.0 Å². The van der Waals surface area contributed by atoms with Gasteiger partial charge in [-0.25, -0.2) is 14.4 Å². The standard InChI is InChI=1S/C25H26FN7OS/c1-25(2,3)20-13-22(33-32-20)30-21-10-11-28-24(31-21)35-14-15-4-6-16(7-5-15)23(34)29-19-9-8-17(26)12-18(19)27/h4-13H,14,27H2,1-3H3,(H,29,34)(H2,28,30,31,32,33). The molecule has 0 unspecified atom stereocenters. The van der Waals surface area contributed by atoms with Crippen LogP contribution in [0.3, 0.4) is 0 Å². The van der Waals surface area contributed by atoms with E-state index in [1.807, 2.05) is 18.2 Å². The lowest BCUT2D eigenvalue weighted by Crippen LogP contribution is -2.13. The lowest BCUT2D eigenvalue weighted by molar-refractivity contribution is 0.102. The first-order chi connectivity index (χ1) is 16.7. The second-order valence-electron chi connectivity index (χ2n) is 8.94. The van der Waals surface area contributed by atoms with Crippen LogP contribution in [-0.2, 0) is 11.2 Å². The molecule has 0 bridgehead atoms. The third-order valence-electron chi connectivity index (χ3n) is 5.12. The van der Waals surface area contributed by atoms with Crippen molar-refractivity contribution in [3.8, 4) is 0 Å². The Morgan fingerprint density at radius 3 is 2.54 bits per heavy atom. The largest absolute Gasteiger partial charge is 0.397 e. The average Bonchev–Trinajstić information content (AvgIpc) is 3.29. The zero-order valence-corrected chi connectivity index (χ0v) is 20.4. The summed E-state index contributed by atoms with van der Waals surface area (Å²) in [5.74, 6) is 1.20. The maximum atomic E-state index is 13.2. The fourth-order valence-corrected chi connectivity index (χ4v) is 3.91. The Bertz CT molecular complexity index is 1330. The molecule has 2 heterocycles. The van der Waals surface area contributed by atoms with Crippen molar-refractivity contribution in [3.63, 3.8) is 0 Å². The van der Waals surface area contributed by atoms with Crippen LogP contribution in [0.1, 0.15) is 42.4 Å². The van der Waals surface area contributed by atoms with Gasteiger partial charge in [0.05, 0.1) is 11.4 Å². The summed E-state index contributed by atoms with van der Waals surface area (Å²) in [6.07, 6.45) is 1.70. The van der Waals surface area contributed by atoms with E-state index in [1.165, 1.54) is 30.0 Å². The maximum Gasteiger partial charge on any atom is 0.255 e. The molecule has 4 rings (SSSR count). The second kappa shape index (κ2) is 10.1. The number of H-pyrrole nitrogens is 1. The van der Waals surface area contributed by atoms with Crippen LogP contribution in [-0.4, -0.2) is 26.1 Å². The molecular weight excluding hydrogens is 465 g/mol. The number of thioether (sulfide) groups is 1. The highest BCUT2D eigenvalue weighted by atomic mass is 32.2. The molecule has 0 atom stereocenters. The number of halogens is 1. The highest BCUT2D eigenvalue weighted by Gasteiger charge is 2.17. The van der Waals surface area contributed by atoms with Crippen LogP contribution in [0, 0.1) is 5.82 Å². The van der Waals surface area contributed by atoms with Gasteiger partial charge in [-0.05, 0) is 42.0 Å². The summed E-state index contributed by atoms with van der Waals surface area (Å²) < 4.78 is 13.2. The fourth-order valence-electron chi connectivity index (χ4n) is 3.12. The van der Waals surface area contributed by atoms with Crippen molar-refractivity contribution in [2.45, 2.75) is 37.1 Å². The zero-order valence-electron chi connectivity index (χ0n) is 19.6. The maximum absolute atomic E-state index is 13.2. The van der Waals surface area contributed by atoms with Gasteiger partial charge in [0.15, 0.2) is 11.0 Å². The number of nitrogens with zero attached hydrogens (tertiary/aromatic N) is 3. The molecule has 5 N–H and O–H groups in total. The van der Waals surface area contributed by atoms with Gasteiger partial charge >= 0.3 is 0 Å². The number of amides is 1. The van der Waals surface area contributed by atoms with Crippen molar-refractivity contribution >= 4 is 40.7 Å². The van der Waals surface area contributed by atoms with Crippen LogP contribution in [0.4, 0.5) is 27.4 Å². The molecule has 4 aromatic rings. The summed E-state index contributed by atoms with van der Waals surface area (Å²) in [4.78, 5) is 21.4. The summed E-state index contributed by atoms with van der Waals surface area (Å²) in [5.41, 5.74) is 8.79. The number of hydrogen-bond acceptors (Lipinski definition) is 7. The number of aromatic amines is 1. The summed E-state index contributed by atoms with van der Waals surface area (Å²) in [5, 5.41) is 13.9. The third-order valence-corrected chi connectivity index (χ3v) is 6.05. The lowest BCUT2D eigenvalue weighted by Gasteiger charge is -2.14. The molecule has 1 amide bonds. The Kier molecular flexibility index (Phi) is 7.02. The number of anilines is 4. The van der Waals surface area contributed by atoms with Gasteiger partial charge in [-0.1, -0.05) is 44.7 Å². The summed E-state index contributed by atoms with van der Waals surface area (Å²) in [6, 6.07) is 14.8. The van der Waals surface area contributed by atoms with Gasteiger partial charge in [0.2, 0.25) is 0 Å². The Morgan fingerprint density at radius 1 is 1.09 bits per heavy atom. The van der Waals surface area contributed by atoms with Crippen molar-refractivity contribution in [1.29, 1.82) is 0 Å². The van der Waals surface area contributed by atoms with Crippen LogP contribution in [0.25, 0.3) is 0 Å². The van der Waals surface area contributed by atoms with E-state index in [0.29, 0.717) is 33.8 Å². The van der Waals surface area contributed by atoms with Crippen LogP contribution in [0.5, 0.6) is 0 Å². The number of rotatable bonds is 7.